The van der Waals surface area contributed by atoms with Crippen molar-refractivity contribution in [2.24, 2.45) is 0 Å². The molecule has 0 amide bonds. The Hall–Kier alpha value is -3.46. The molecule has 0 saturated carbocycles. The number of nitriles is 1. The molecule has 1 aliphatic rings. The van der Waals surface area contributed by atoms with Gasteiger partial charge in [0.25, 0.3) is 0 Å². The molecular weight excluding hydrogens is 497 g/mol. The summed E-state index contributed by atoms with van der Waals surface area (Å²) < 4.78 is 48.0. The summed E-state index contributed by atoms with van der Waals surface area (Å²) in [7, 11) is 0. The molecule has 0 atom stereocenters. The normalized spacial score (nSPS) is 14.4. The summed E-state index contributed by atoms with van der Waals surface area (Å²) in [6.07, 6.45) is -3.44. The first-order valence-corrected chi connectivity index (χ1v) is 11.4. The molecule has 0 unspecified atom stereocenters. The minimum Gasteiger partial charge on any atom is -0.394 e. The molecule has 5 rings (SSSR count). The standard InChI is InChI=1S/C24H20ClF3N6O2/c1-12-7-16-15(3-4-30-19(16)8-18(12)25)20-13(2)31-22-17(9-29)21(24(26,27)28)32-34(22)23(20)33-10-14(11-33)36-6-5-35/h3-4,7-8,14,35H,5-6,10-11H2,1-2H3. The Bertz CT molecular complexity index is 1540. The lowest BCUT2D eigenvalue weighted by Crippen LogP contribution is -2.53. The van der Waals surface area contributed by atoms with Crippen molar-refractivity contribution in [3.05, 3.63) is 51.9 Å². The molecule has 0 radical (unpaired) electrons. The number of aliphatic hydroxyl groups excluding tert-OH is 1. The van der Waals surface area contributed by atoms with Crippen molar-refractivity contribution < 1.29 is 23.0 Å². The molecule has 1 aliphatic heterocycles. The van der Waals surface area contributed by atoms with Gasteiger partial charge in [0.05, 0.1) is 30.5 Å². The van der Waals surface area contributed by atoms with Gasteiger partial charge in [-0.2, -0.15) is 28.0 Å². The second kappa shape index (κ2) is 8.89. The first kappa shape index (κ1) is 24.2. The fraction of sp³-hybridized carbons (Fsp3) is 0.333. The van der Waals surface area contributed by atoms with Crippen LogP contribution in [0.1, 0.15) is 22.5 Å². The van der Waals surface area contributed by atoms with E-state index in [4.69, 9.17) is 21.4 Å². The van der Waals surface area contributed by atoms with Gasteiger partial charge in [-0.15, -0.1) is 0 Å². The van der Waals surface area contributed by atoms with Crippen LogP contribution in [0.3, 0.4) is 0 Å². The lowest BCUT2D eigenvalue weighted by Gasteiger charge is -2.41. The van der Waals surface area contributed by atoms with Crippen LogP contribution in [-0.4, -0.2) is 57.1 Å². The van der Waals surface area contributed by atoms with E-state index in [1.807, 2.05) is 17.9 Å². The number of halogens is 4. The largest absolute Gasteiger partial charge is 0.436 e. The number of aryl methyl sites for hydroxylation is 2. The van der Waals surface area contributed by atoms with Crippen LogP contribution in [0.5, 0.6) is 0 Å². The molecule has 1 saturated heterocycles. The van der Waals surface area contributed by atoms with Gasteiger partial charge < -0.3 is 14.7 Å². The molecule has 0 spiro atoms. The van der Waals surface area contributed by atoms with Gasteiger partial charge in [0.15, 0.2) is 11.3 Å². The molecule has 186 valence electrons. The number of aliphatic hydroxyl groups is 1. The summed E-state index contributed by atoms with van der Waals surface area (Å²) in [5.41, 5.74) is 1.05. The van der Waals surface area contributed by atoms with Crippen molar-refractivity contribution in [1.29, 1.82) is 5.26 Å². The van der Waals surface area contributed by atoms with E-state index in [9.17, 15) is 18.4 Å². The fourth-order valence-electron chi connectivity index (χ4n) is 4.48. The highest BCUT2D eigenvalue weighted by Gasteiger charge is 2.41. The van der Waals surface area contributed by atoms with Crippen molar-refractivity contribution in [3.63, 3.8) is 0 Å². The fourth-order valence-corrected chi connectivity index (χ4v) is 4.64. The average molecular weight is 517 g/mol. The van der Waals surface area contributed by atoms with E-state index in [1.54, 1.807) is 31.3 Å². The molecule has 1 aromatic carbocycles. The summed E-state index contributed by atoms with van der Waals surface area (Å²) >= 11 is 6.30. The van der Waals surface area contributed by atoms with E-state index in [-0.39, 0.29) is 25.0 Å². The molecule has 1 N–H and O–H groups in total. The number of aromatic nitrogens is 4. The average Bonchev–Trinajstić information content (AvgIpc) is 3.17. The predicted octanol–water partition coefficient (Wildman–Crippen LogP) is 4.30. The number of fused-ring (bicyclic) bond motifs is 2. The van der Waals surface area contributed by atoms with Gasteiger partial charge in [0.1, 0.15) is 17.5 Å². The minimum atomic E-state index is -4.83. The van der Waals surface area contributed by atoms with Crippen molar-refractivity contribution in [3.8, 4) is 17.2 Å². The molecular formula is C24H20ClF3N6O2. The van der Waals surface area contributed by atoms with Crippen LogP contribution in [0, 0.1) is 25.2 Å². The molecule has 0 bridgehead atoms. The summed E-state index contributed by atoms with van der Waals surface area (Å²) in [5, 5.41) is 23.7. The number of anilines is 1. The molecule has 3 aromatic heterocycles. The first-order valence-electron chi connectivity index (χ1n) is 11.1. The summed E-state index contributed by atoms with van der Waals surface area (Å²) in [5.74, 6) is 0.369. The maximum atomic E-state index is 13.8. The van der Waals surface area contributed by atoms with Crippen LogP contribution in [0.2, 0.25) is 5.02 Å². The number of nitrogens with zero attached hydrogens (tertiary/aromatic N) is 6. The van der Waals surface area contributed by atoms with E-state index in [0.29, 0.717) is 46.3 Å². The van der Waals surface area contributed by atoms with Gasteiger partial charge in [-0.05, 0) is 43.2 Å². The third kappa shape index (κ3) is 3.91. The van der Waals surface area contributed by atoms with Gasteiger partial charge in [-0.3, -0.25) is 4.98 Å². The number of pyridine rings is 1. The van der Waals surface area contributed by atoms with Crippen LogP contribution in [0.4, 0.5) is 19.0 Å². The van der Waals surface area contributed by atoms with E-state index in [1.165, 1.54) is 0 Å². The van der Waals surface area contributed by atoms with Gasteiger partial charge in [-0.1, -0.05) is 11.6 Å². The Morgan fingerprint density at radius 2 is 2.03 bits per heavy atom. The van der Waals surface area contributed by atoms with Gasteiger partial charge in [0, 0.05) is 35.3 Å². The number of hydrogen-bond donors (Lipinski definition) is 1. The van der Waals surface area contributed by atoms with Crippen molar-refractivity contribution in [2.75, 3.05) is 31.2 Å². The van der Waals surface area contributed by atoms with Crippen LogP contribution in [0.25, 0.3) is 27.7 Å². The minimum absolute atomic E-state index is 0.134. The molecule has 8 nitrogen and oxygen atoms in total. The van der Waals surface area contributed by atoms with E-state index in [0.717, 1.165) is 15.5 Å². The highest BCUT2D eigenvalue weighted by molar-refractivity contribution is 6.32. The quantitative estimate of drug-likeness (QED) is 0.422. The topological polar surface area (TPSA) is 99.6 Å². The third-order valence-corrected chi connectivity index (χ3v) is 6.59. The van der Waals surface area contributed by atoms with Crippen molar-refractivity contribution in [1.82, 2.24) is 19.6 Å². The number of ether oxygens (including phenoxy) is 1. The Labute approximate surface area is 208 Å². The zero-order valence-electron chi connectivity index (χ0n) is 19.3. The van der Waals surface area contributed by atoms with Crippen LogP contribution < -0.4 is 4.90 Å². The molecule has 12 heteroatoms. The number of rotatable bonds is 5. The Morgan fingerprint density at radius 1 is 1.28 bits per heavy atom. The maximum absolute atomic E-state index is 13.8. The highest BCUT2D eigenvalue weighted by Crippen LogP contribution is 2.42. The smallest absolute Gasteiger partial charge is 0.394 e. The lowest BCUT2D eigenvalue weighted by atomic mass is 9.97. The van der Waals surface area contributed by atoms with E-state index < -0.39 is 17.4 Å². The Balaban J connectivity index is 1.81. The lowest BCUT2D eigenvalue weighted by molar-refractivity contribution is -0.141. The highest BCUT2D eigenvalue weighted by atomic mass is 35.5. The monoisotopic (exact) mass is 516 g/mol. The van der Waals surface area contributed by atoms with Crippen molar-refractivity contribution >= 4 is 34.0 Å². The second-order valence-electron chi connectivity index (χ2n) is 8.56. The van der Waals surface area contributed by atoms with Gasteiger partial charge in [-0.25, -0.2) is 4.98 Å². The number of hydrogen-bond acceptors (Lipinski definition) is 7. The van der Waals surface area contributed by atoms with Crippen LogP contribution >= 0.6 is 11.6 Å². The second-order valence-corrected chi connectivity index (χ2v) is 8.97. The number of alkyl halides is 3. The van der Waals surface area contributed by atoms with E-state index >= 15 is 0 Å². The Kier molecular flexibility index (Phi) is 5.98. The predicted molar refractivity (Wildman–Crippen MR) is 127 cm³/mol. The molecule has 1 fully saturated rings. The summed E-state index contributed by atoms with van der Waals surface area (Å²) in [6.45, 7) is 4.29. The zero-order chi connectivity index (χ0) is 25.8. The Morgan fingerprint density at radius 3 is 2.69 bits per heavy atom. The van der Waals surface area contributed by atoms with Crippen LogP contribution in [-0.2, 0) is 10.9 Å². The van der Waals surface area contributed by atoms with E-state index in [2.05, 4.69) is 15.1 Å². The molecule has 4 aromatic rings. The zero-order valence-corrected chi connectivity index (χ0v) is 20.0. The maximum Gasteiger partial charge on any atom is 0.436 e. The van der Waals surface area contributed by atoms with Crippen LogP contribution in [0.15, 0.2) is 24.4 Å². The van der Waals surface area contributed by atoms with Gasteiger partial charge in [0.2, 0.25) is 0 Å². The summed E-state index contributed by atoms with van der Waals surface area (Å²) in [6, 6.07) is 7.02. The SMILES string of the molecule is Cc1cc2c(-c3c(C)nc4c(C#N)c(C(F)(F)F)nn4c3N3CC(OCCO)C3)ccnc2cc1Cl. The first-order chi connectivity index (χ1) is 17.1. The molecule has 4 heterocycles. The van der Waals surface area contributed by atoms with Gasteiger partial charge >= 0.3 is 6.18 Å². The number of benzene rings is 1. The summed E-state index contributed by atoms with van der Waals surface area (Å²) in [4.78, 5) is 10.7. The third-order valence-electron chi connectivity index (χ3n) is 6.18. The molecule has 0 aliphatic carbocycles. The molecule has 36 heavy (non-hydrogen) atoms. The van der Waals surface area contributed by atoms with Crippen molar-refractivity contribution in [2.45, 2.75) is 26.1 Å².